The van der Waals surface area contributed by atoms with Gasteiger partial charge in [-0.25, -0.2) is 9.97 Å². The van der Waals surface area contributed by atoms with Crippen LogP contribution in [0.2, 0.25) is 0 Å². The Labute approximate surface area is 113 Å². The molecular formula is C14H19N5. The highest BCUT2D eigenvalue weighted by atomic mass is 15.2. The van der Waals surface area contributed by atoms with E-state index in [0.29, 0.717) is 11.5 Å². The molecule has 1 aromatic carbocycles. The van der Waals surface area contributed by atoms with E-state index in [1.807, 2.05) is 6.07 Å². The Morgan fingerprint density at radius 3 is 2.74 bits per heavy atom. The number of anilines is 4. The molecule has 3 N–H and O–H groups in total. The summed E-state index contributed by atoms with van der Waals surface area (Å²) in [5.74, 6) is 1.38. The molecule has 0 radical (unpaired) electrons. The Kier molecular flexibility index (Phi) is 3.85. The molecule has 5 nitrogen and oxygen atoms in total. The van der Waals surface area contributed by atoms with Crippen LogP contribution in [0.3, 0.4) is 0 Å². The summed E-state index contributed by atoms with van der Waals surface area (Å²) < 4.78 is 0. The first-order valence-corrected chi connectivity index (χ1v) is 6.29. The molecule has 100 valence electrons. The maximum Gasteiger partial charge on any atom is 0.161 e. The molecule has 0 fully saturated rings. The lowest BCUT2D eigenvalue weighted by Crippen LogP contribution is -2.20. The Morgan fingerprint density at radius 1 is 1.32 bits per heavy atom. The maximum atomic E-state index is 6.12. The standard InChI is InChI=1S/C14H19N5/c1-4-19(11-7-5-6-10(2)8-11)14-12(15)13(16-3)17-9-18-14/h5-9H,4,15H2,1-3H3,(H,16,17,18). The van der Waals surface area contributed by atoms with Crippen molar-refractivity contribution in [3.05, 3.63) is 36.2 Å². The minimum absolute atomic E-state index is 0.563. The highest BCUT2D eigenvalue weighted by molar-refractivity contribution is 5.79. The second-order valence-electron chi connectivity index (χ2n) is 4.29. The van der Waals surface area contributed by atoms with E-state index in [0.717, 1.165) is 18.1 Å². The fraction of sp³-hybridized carbons (Fsp3) is 0.286. The van der Waals surface area contributed by atoms with E-state index in [1.54, 1.807) is 7.05 Å². The van der Waals surface area contributed by atoms with Gasteiger partial charge in [0, 0.05) is 19.3 Å². The zero-order valence-corrected chi connectivity index (χ0v) is 11.5. The van der Waals surface area contributed by atoms with Crippen LogP contribution in [0.5, 0.6) is 0 Å². The van der Waals surface area contributed by atoms with Crippen LogP contribution in [0.4, 0.5) is 23.0 Å². The molecule has 5 heteroatoms. The van der Waals surface area contributed by atoms with Gasteiger partial charge in [-0.2, -0.15) is 0 Å². The number of aromatic nitrogens is 2. The Hall–Kier alpha value is -2.30. The van der Waals surface area contributed by atoms with Gasteiger partial charge in [-0.15, -0.1) is 0 Å². The lowest BCUT2D eigenvalue weighted by atomic mass is 10.2. The van der Waals surface area contributed by atoms with Crippen LogP contribution in [0, 0.1) is 6.92 Å². The van der Waals surface area contributed by atoms with Crippen LogP contribution in [0.15, 0.2) is 30.6 Å². The highest BCUT2D eigenvalue weighted by Crippen LogP contribution is 2.31. The molecule has 0 bridgehead atoms. The quantitative estimate of drug-likeness (QED) is 0.881. The Balaban J connectivity index is 2.48. The first kappa shape index (κ1) is 13.1. The number of nitrogens with zero attached hydrogens (tertiary/aromatic N) is 3. The largest absolute Gasteiger partial charge is 0.393 e. The average Bonchev–Trinajstić information content (AvgIpc) is 2.41. The predicted molar refractivity (Wildman–Crippen MR) is 79.9 cm³/mol. The van der Waals surface area contributed by atoms with Crippen molar-refractivity contribution < 1.29 is 0 Å². The fourth-order valence-electron chi connectivity index (χ4n) is 2.05. The van der Waals surface area contributed by atoms with E-state index in [9.17, 15) is 0 Å². The summed E-state index contributed by atoms with van der Waals surface area (Å²) in [6.45, 7) is 4.93. The molecule has 0 atom stereocenters. The Bertz CT molecular complexity index is 568. The zero-order chi connectivity index (χ0) is 13.8. The van der Waals surface area contributed by atoms with Crippen LogP contribution in [-0.2, 0) is 0 Å². The molecule has 0 unspecified atom stereocenters. The van der Waals surface area contributed by atoms with Gasteiger partial charge in [-0.05, 0) is 31.5 Å². The number of benzene rings is 1. The molecule has 2 rings (SSSR count). The van der Waals surface area contributed by atoms with Crippen molar-refractivity contribution in [1.29, 1.82) is 0 Å². The summed E-state index contributed by atoms with van der Waals surface area (Å²) in [6.07, 6.45) is 1.52. The van der Waals surface area contributed by atoms with Crippen LogP contribution in [-0.4, -0.2) is 23.6 Å². The molecule has 0 amide bonds. The third kappa shape index (κ3) is 2.59. The molecule has 0 saturated carbocycles. The summed E-state index contributed by atoms with van der Waals surface area (Å²) >= 11 is 0. The van der Waals surface area contributed by atoms with E-state index in [1.165, 1.54) is 11.9 Å². The highest BCUT2D eigenvalue weighted by Gasteiger charge is 2.14. The van der Waals surface area contributed by atoms with E-state index < -0.39 is 0 Å². The summed E-state index contributed by atoms with van der Waals surface area (Å²) in [4.78, 5) is 10.5. The van der Waals surface area contributed by atoms with Gasteiger partial charge in [-0.3, -0.25) is 0 Å². The molecule has 0 aliphatic heterocycles. The van der Waals surface area contributed by atoms with Gasteiger partial charge in [0.25, 0.3) is 0 Å². The van der Waals surface area contributed by atoms with E-state index in [2.05, 4.69) is 52.2 Å². The summed E-state index contributed by atoms with van der Waals surface area (Å²) in [7, 11) is 1.80. The lowest BCUT2D eigenvalue weighted by Gasteiger charge is -2.24. The number of rotatable bonds is 4. The molecule has 0 aliphatic carbocycles. The van der Waals surface area contributed by atoms with Gasteiger partial charge in [0.1, 0.15) is 12.0 Å². The molecular weight excluding hydrogens is 238 g/mol. The Morgan fingerprint density at radius 2 is 2.11 bits per heavy atom. The van der Waals surface area contributed by atoms with Gasteiger partial charge < -0.3 is 16.0 Å². The number of nitrogens with two attached hydrogens (primary N) is 1. The minimum atomic E-state index is 0.563. The van der Waals surface area contributed by atoms with Gasteiger partial charge in [0.2, 0.25) is 0 Å². The average molecular weight is 257 g/mol. The van der Waals surface area contributed by atoms with E-state index >= 15 is 0 Å². The summed E-state index contributed by atoms with van der Waals surface area (Å²) in [5.41, 5.74) is 8.96. The minimum Gasteiger partial charge on any atom is -0.393 e. The number of aryl methyl sites for hydroxylation is 1. The fourth-order valence-corrected chi connectivity index (χ4v) is 2.05. The van der Waals surface area contributed by atoms with Crippen molar-refractivity contribution in [2.24, 2.45) is 0 Å². The van der Waals surface area contributed by atoms with Crippen molar-refractivity contribution >= 4 is 23.0 Å². The van der Waals surface area contributed by atoms with Gasteiger partial charge >= 0.3 is 0 Å². The van der Waals surface area contributed by atoms with Crippen LogP contribution >= 0.6 is 0 Å². The van der Waals surface area contributed by atoms with Crippen molar-refractivity contribution in [1.82, 2.24) is 9.97 Å². The monoisotopic (exact) mass is 257 g/mol. The summed E-state index contributed by atoms with van der Waals surface area (Å²) in [5, 5.41) is 2.97. The summed E-state index contributed by atoms with van der Waals surface area (Å²) in [6, 6.07) is 8.27. The number of hydrogen-bond donors (Lipinski definition) is 2. The second kappa shape index (κ2) is 5.56. The number of nitrogen functional groups attached to an aromatic ring is 1. The maximum absolute atomic E-state index is 6.12. The van der Waals surface area contributed by atoms with Crippen LogP contribution in [0.25, 0.3) is 0 Å². The molecule has 1 aromatic heterocycles. The molecule has 0 aliphatic rings. The SMILES string of the molecule is CCN(c1cccc(C)c1)c1ncnc(NC)c1N. The van der Waals surface area contributed by atoms with Gasteiger partial charge in [-0.1, -0.05) is 12.1 Å². The van der Waals surface area contributed by atoms with Crippen molar-refractivity contribution in [2.45, 2.75) is 13.8 Å². The van der Waals surface area contributed by atoms with Crippen molar-refractivity contribution in [3.8, 4) is 0 Å². The number of nitrogens with one attached hydrogen (secondary N) is 1. The third-order valence-electron chi connectivity index (χ3n) is 2.98. The first-order chi connectivity index (χ1) is 9.17. The van der Waals surface area contributed by atoms with E-state index in [-0.39, 0.29) is 0 Å². The first-order valence-electron chi connectivity index (χ1n) is 6.29. The lowest BCUT2D eigenvalue weighted by molar-refractivity contribution is 0.978. The second-order valence-corrected chi connectivity index (χ2v) is 4.29. The van der Waals surface area contributed by atoms with Crippen molar-refractivity contribution in [3.63, 3.8) is 0 Å². The molecule has 2 aromatic rings. The van der Waals surface area contributed by atoms with Crippen molar-refractivity contribution in [2.75, 3.05) is 29.5 Å². The van der Waals surface area contributed by atoms with E-state index in [4.69, 9.17) is 5.73 Å². The van der Waals surface area contributed by atoms with Crippen LogP contribution < -0.4 is 16.0 Å². The van der Waals surface area contributed by atoms with Gasteiger partial charge in [0.05, 0.1) is 0 Å². The molecule has 0 spiro atoms. The molecule has 0 saturated heterocycles. The third-order valence-corrected chi connectivity index (χ3v) is 2.98. The zero-order valence-electron chi connectivity index (χ0n) is 11.5. The number of hydrogen-bond acceptors (Lipinski definition) is 5. The topological polar surface area (TPSA) is 67.1 Å². The molecule has 19 heavy (non-hydrogen) atoms. The molecule has 1 heterocycles. The normalized spacial score (nSPS) is 10.3. The van der Waals surface area contributed by atoms with Crippen LogP contribution in [0.1, 0.15) is 12.5 Å². The van der Waals surface area contributed by atoms with Gasteiger partial charge in [0.15, 0.2) is 11.6 Å². The smallest absolute Gasteiger partial charge is 0.161 e. The predicted octanol–water partition coefficient (Wildman–Crippen LogP) is 2.57.